The third kappa shape index (κ3) is 4.30. The quantitative estimate of drug-likeness (QED) is 0.535. The van der Waals surface area contributed by atoms with Gasteiger partial charge < -0.3 is 9.47 Å². The van der Waals surface area contributed by atoms with Crippen LogP contribution in [0.5, 0.6) is 11.5 Å². The van der Waals surface area contributed by atoms with E-state index in [-0.39, 0.29) is 5.91 Å². The molecule has 0 fully saturated rings. The average molecular weight is 365 g/mol. The summed E-state index contributed by atoms with van der Waals surface area (Å²) in [5, 5.41) is 8.25. The van der Waals surface area contributed by atoms with Crippen molar-refractivity contribution < 1.29 is 14.3 Å². The second-order valence-corrected chi connectivity index (χ2v) is 5.63. The zero-order chi connectivity index (χ0) is 19.2. The van der Waals surface area contributed by atoms with Crippen molar-refractivity contribution in [3.63, 3.8) is 0 Å². The topological polar surface area (TPSA) is 90.6 Å². The summed E-state index contributed by atoms with van der Waals surface area (Å²) < 4.78 is 12.0. The SMILES string of the molecule is COc1cc(OC)cc(C(=O)N/N=C(\C)c2ccc(-n3cncn3)cc2)c1. The standard InChI is InChI=1S/C19H19N5O3/c1-13(14-4-6-16(7-5-14)24-12-20-11-21-24)22-23-19(25)15-8-17(26-2)10-18(9-15)27-3/h4-12H,1-3H3,(H,23,25)/b22-13+. The van der Waals surface area contributed by atoms with E-state index in [1.54, 1.807) is 29.2 Å². The van der Waals surface area contributed by atoms with Gasteiger partial charge in [-0.1, -0.05) is 12.1 Å². The van der Waals surface area contributed by atoms with Crippen molar-refractivity contribution in [3.05, 3.63) is 66.2 Å². The lowest BCUT2D eigenvalue weighted by atomic mass is 10.1. The van der Waals surface area contributed by atoms with Crippen LogP contribution < -0.4 is 14.9 Å². The molecule has 0 atom stereocenters. The first-order chi connectivity index (χ1) is 13.1. The van der Waals surface area contributed by atoms with Gasteiger partial charge in [0.2, 0.25) is 0 Å². The summed E-state index contributed by atoms with van der Waals surface area (Å²) in [6.45, 7) is 1.82. The molecule has 0 spiro atoms. The fourth-order valence-corrected chi connectivity index (χ4v) is 2.40. The Hall–Kier alpha value is -3.68. The highest BCUT2D eigenvalue weighted by atomic mass is 16.5. The lowest BCUT2D eigenvalue weighted by Gasteiger charge is -2.08. The van der Waals surface area contributed by atoms with Crippen LogP contribution in [0.25, 0.3) is 5.69 Å². The van der Waals surface area contributed by atoms with Gasteiger partial charge in [-0.15, -0.1) is 0 Å². The maximum absolute atomic E-state index is 12.4. The van der Waals surface area contributed by atoms with E-state index in [9.17, 15) is 4.79 Å². The van der Waals surface area contributed by atoms with Gasteiger partial charge in [-0.3, -0.25) is 4.79 Å². The number of rotatable bonds is 6. The van der Waals surface area contributed by atoms with E-state index in [2.05, 4.69) is 20.6 Å². The van der Waals surface area contributed by atoms with Crippen molar-refractivity contribution in [3.8, 4) is 17.2 Å². The number of nitrogens with one attached hydrogen (secondary N) is 1. The van der Waals surface area contributed by atoms with Gasteiger partial charge in [-0.2, -0.15) is 10.2 Å². The van der Waals surface area contributed by atoms with Gasteiger partial charge in [0.15, 0.2) is 0 Å². The Labute approximate surface area is 156 Å². The third-order valence-corrected chi connectivity index (χ3v) is 3.91. The fraction of sp³-hybridized carbons (Fsp3) is 0.158. The monoisotopic (exact) mass is 365 g/mol. The smallest absolute Gasteiger partial charge is 0.271 e. The number of amides is 1. The van der Waals surface area contributed by atoms with Gasteiger partial charge in [-0.25, -0.2) is 15.1 Å². The highest BCUT2D eigenvalue weighted by Gasteiger charge is 2.10. The fourth-order valence-electron chi connectivity index (χ4n) is 2.40. The van der Waals surface area contributed by atoms with Crippen molar-refractivity contribution in [2.75, 3.05) is 14.2 Å². The summed E-state index contributed by atoms with van der Waals surface area (Å²) >= 11 is 0. The lowest BCUT2D eigenvalue weighted by molar-refractivity contribution is 0.0954. The van der Waals surface area contributed by atoms with Crippen molar-refractivity contribution in [2.45, 2.75) is 6.92 Å². The summed E-state index contributed by atoms with van der Waals surface area (Å²) in [6, 6.07) is 12.5. The molecule has 0 unspecified atom stereocenters. The van der Waals surface area contributed by atoms with Crippen LogP contribution in [0.2, 0.25) is 0 Å². The number of carbonyl (C=O) groups excluding carboxylic acids is 1. The van der Waals surface area contributed by atoms with E-state index >= 15 is 0 Å². The molecule has 0 aliphatic heterocycles. The van der Waals surface area contributed by atoms with Crippen LogP contribution in [0.3, 0.4) is 0 Å². The average Bonchev–Trinajstić information content (AvgIpc) is 3.26. The first-order valence-corrected chi connectivity index (χ1v) is 8.14. The predicted octanol–water partition coefficient (Wildman–Crippen LogP) is 2.44. The van der Waals surface area contributed by atoms with Crippen molar-refractivity contribution >= 4 is 11.6 Å². The molecular weight excluding hydrogens is 346 g/mol. The molecule has 3 rings (SSSR count). The Kier molecular flexibility index (Phi) is 5.46. The van der Waals surface area contributed by atoms with E-state index in [0.717, 1.165) is 11.3 Å². The molecule has 0 saturated carbocycles. The highest BCUT2D eigenvalue weighted by Crippen LogP contribution is 2.22. The van der Waals surface area contributed by atoms with Crippen molar-refractivity contribution in [1.82, 2.24) is 20.2 Å². The van der Waals surface area contributed by atoms with Gasteiger partial charge in [0.25, 0.3) is 5.91 Å². The molecule has 0 aliphatic rings. The maximum Gasteiger partial charge on any atom is 0.271 e. The minimum Gasteiger partial charge on any atom is -0.497 e. The van der Waals surface area contributed by atoms with Gasteiger partial charge in [0.1, 0.15) is 24.2 Å². The Morgan fingerprint density at radius 2 is 1.70 bits per heavy atom. The van der Waals surface area contributed by atoms with Crippen LogP contribution in [0.15, 0.2) is 60.2 Å². The molecule has 138 valence electrons. The number of carbonyl (C=O) groups is 1. The second kappa shape index (κ2) is 8.13. The molecule has 8 nitrogen and oxygen atoms in total. The van der Waals surface area contributed by atoms with Gasteiger partial charge in [0.05, 0.1) is 25.6 Å². The number of hydrogen-bond acceptors (Lipinski definition) is 6. The maximum atomic E-state index is 12.4. The van der Waals surface area contributed by atoms with Crippen LogP contribution in [0, 0.1) is 0 Å². The predicted molar refractivity (Wildman–Crippen MR) is 101 cm³/mol. The number of methoxy groups -OCH3 is 2. The van der Waals surface area contributed by atoms with Gasteiger partial charge in [0, 0.05) is 11.6 Å². The molecule has 0 saturated heterocycles. The van der Waals surface area contributed by atoms with Crippen LogP contribution in [-0.4, -0.2) is 40.6 Å². The molecule has 3 aromatic rings. The minimum atomic E-state index is -0.356. The summed E-state index contributed by atoms with van der Waals surface area (Å²) in [5.41, 5.74) is 5.38. The van der Waals surface area contributed by atoms with E-state index < -0.39 is 0 Å². The van der Waals surface area contributed by atoms with Crippen molar-refractivity contribution in [1.29, 1.82) is 0 Å². The number of ether oxygens (including phenoxy) is 2. The largest absolute Gasteiger partial charge is 0.497 e. The number of benzene rings is 2. The molecule has 8 heteroatoms. The molecule has 1 heterocycles. The van der Waals surface area contributed by atoms with E-state index in [1.165, 1.54) is 20.5 Å². The Bertz CT molecular complexity index is 928. The molecule has 1 amide bonds. The number of aromatic nitrogens is 3. The Morgan fingerprint density at radius 1 is 1.04 bits per heavy atom. The second-order valence-electron chi connectivity index (χ2n) is 5.63. The van der Waals surface area contributed by atoms with Crippen molar-refractivity contribution in [2.24, 2.45) is 5.10 Å². The van der Waals surface area contributed by atoms with Gasteiger partial charge >= 0.3 is 0 Å². The lowest BCUT2D eigenvalue weighted by Crippen LogP contribution is -2.19. The number of nitrogens with zero attached hydrogens (tertiary/aromatic N) is 4. The summed E-state index contributed by atoms with van der Waals surface area (Å²) in [7, 11) is 3.06. The number of hydrazone groups is 1. The third-order valence-electron chi connectivity index (χ3n) is 3.91. The van der Waals surface area contributed by atoms with Gasteiger partial charge in [-0.05, 0) is 36.8 Å². The summed E-state index contributed by atoms with van der Waals surface area (Å²) in [5.74, 6) is 0.707. The van der Waals surface area contributed by atoms with Crippen LogP contribution in [0.1, 0.15) is 22.8 Å². The normalized spacial score (nSPS) is 11.1. The Balaban J connectivity index is 1.72. The molecule has 0 aliphatic carbocycles. The summed E-state index contributed by atoms with van der Waals surface area (Å²) in [4.78, 5) is 16.3. The molecule has 2 aromatic carbocycles. The highest BCUT2D eigenvalue weighted by molar-refractivity contribution is 6.01. The van der Waals surface area contributed by atoms with E-state index in [1.807, 2.05) is 31.2 Å². The van der Waals surface area contributed by atoms with Crippen LogP contribution in [0.4, 0.5) is 0 Å². The molecule has 1 N–H and O–H groups in total. The van der Waals surface area contributed by atoms with E-state index in [4.69, 9.17) is 9.47 Å². The molecule has 0 bridgehead atoms. The zero-order valence-electron chi connectivity index (χ0n) is 15.2. The van der Waals surface area contributed by atoms with Crippen LogP contribution in [-0.2, 0) is 0 Å². The molecule has 0 radical (unpaired) electrons. The first-order valence-electron chi connectivity index (χ1n) is 8.14. The summed E-state index contributed by atoms with van der Waals surface area (Å²) in [6.07, 6.45) is 3.10. The number of hydrogen-bond donors (Lipinski definition) is 1. The zero-order valence-corrected chi connectivity index (χ0v) is 15.2. The van der Waals surface area contributed by atoms with E-state index in [0.29, 0.717) is 22.8 Å². The molecule has 1 aromatic heterocycles. The Morgan fingerprint density at radius 3 is 2.26 bits per heavy atom. The van der Waals surface area contributed by atoms with Crippen LogP contribution >= 0.6 is 0 Å². The first kappa shape index (κ1) is 18.1. The molecule has 27 heavy (non-hydrogen) atoms. The molecular formula is C19H19N5O3. The minimum absolute atomic E-state index is 0.356.